The van der Waals surface area contributed by atoms with Crippen molar-refractivity contribution in [3.63, 3.8) is 0 Å². The van der Waals surface area contributed by atoms with E-state index in [-0.39, 0.29) is 11.5 Å². The molecule has 0 N–H and O–H groups in total. The molecule has 1 saturated heterocycles. The molecule has 2 aromatic heterocycles. The first-order valence-electron chi connectivity index (χ1n) is 10.1. The van der Waals surface area contributed by atoms with E-state index < -0.39 is 0 Å². The van der Waals surface area contributed by atoms with Crippen LogP contribution in [0.1, 0.15) is 11.3 Å². The van der Waals surface area contributed by atoms with Crippen LogP contribution in [0.3, 0.4) is 0 Å². The lowest BCUT2D eigenvalue weighted by atomic mass is 10.2. The zero-order valence-corrected chi connectivity index (χ0v) is 18.4. The minimum Gasteiger partial charge on any atom is -0.352 e. The summed E-state index contributed by atoms with van der Waals surface area (Å²) in [7, 11) is 0. The smallest absolute Gasteiger partial charge is 0.271 e. The molecule has 0 radical (unpaired) electrons. The van der Waals surface area contributed by atoms with Crippen molar-refractivity contribution in [1.82, 2.24) is 24.6 Å². The second-order valence-electron chi connectivity index (χ2n) is 7.41. The van der Waals surface area contributed by atoms with Crippen LogP contribution in [-0.4, -0.2) is 62.5 Å². The molecule has 31 heavy (non-hydrogen) atoms. The highest BCUT2D eigenvalue weighted by atomic mass is 32.2. The molecule has 1 aliphatic heterocycles. The molecule has 0 spiro atoms. The number of thioether (sulfide) groups is 1. The maximum Gasteiger partial charge on any atom is 0.271 e. The average molecular weight is 437 g/mol. The van der Waals surface area contributed by atoms with Crippen LogP contribution in [0.5, 0.6) is 0 Å². The van der Waals surface area contributed by atoms with Crippen LogP contribution in [0.4, 0.5) is 5.82 Å². The summed E-state index contributed by atoms with van der Waals surface area (Å²) in [6.07, 6.45) is 1.71. The van der Waals surface area contributed by atoms with Gasteiger partial charge in [-0.1, -0.05) is 29.5 Å². The van der Waals surface area contributed by atoms with Gasteiger partial charge in [0.05, 0.1) is 11.4 Å². The number of nitrogens with zero attached hydrogens (tertiary/aromatic N) is 6. The maximum absolute atomic E-state index is 12.6. The van der Waals surface area contributed by atoms with Crippen molar-refractivity contribution in [2.75, 3.05) is 36.8 Å². The van der Waals surface area contributed by atoms with Gasteiger partial charge < -0.3 is 9.80 Å². The molecule has 4 rings (SSSR count). The fourth-order valence-electron chi connectivity index (χ4n) is 3.34. The Bertz CT molecular complexity index is 1120. The quantitative estimate of drug-likeness (QED) is 0.447. The average Bonchev–Trinajstić information content (AvgIpc) is 2.79. The van der Waals surface area contributed by atoms with Crippen LogP contribution in [0, 0.1) is 13.8 Å². The second-order valence-corrected chi connectivity index (χ2v) is 8.36. The van der Waals surface area contributed by atoms with Crippen molar-refractivity contribution in [2.45, 2.75) is 19.0 Å². The first-order chi connectivity index (χ1) is 15.0. The van der Waals surface area contributed by atoms with Crippen LogP contribution in [0.25, 0.3) is 5.69 Å². The Balaban J connectivity index is 1.37. The van der Waals surface area contributed by atoms with Crippen LogP contribution >= 0.6 is 11.8 Å². The van der Waals surface area contributed by atoms with Crippen molar-refractivity contribution in [3.8, 4) is 5.69 Å². The normalized spacial score (nSPS) is 14.0. The molecule has 1 amide bonds. The minimum absolute atomic E-state index is 0.0762. The molecule has 0 bridgehead atoms. The van der Waals surface area contributed by atoms with Gasteiger partial charge >= 0.3 is 0 Å². The fourth-order valence-corrected chi connectivity index (χ4v) is 4.12. The number of carbonyl (C=O) groups excluding carboxylic acids is 1. The van der Waals surface area contributed by atoms with E-state index in [2.05, 4.69) is 20.0 Å². The lowest BCUT2D eigenvalue weighted by Gasteiger charge is -2.35. The van der Waals surface area contributed by atoms with Gasteiger partial charge in [0.2, 0.25) is 5.91 Å². The summed E-state index contributed by atoms with van der Waals surface area (Å²) in [5, 5.41) is 5.18. The Labute approximate surface area is 184 Å². The van der Waals surface area contributed by atoms with Gasteiger partial charge in [0.15, 0.2) is 5.16 Å². The highest BCUT2D eigenvalue weighted by Crippen LogP contribution is 2.17. The van der Waals surface area contributed by atoms with E-state index in [1.54, 1.807) is 12.3 Å². The number of amides is 1. The summed E-state index contributed by atoms with van der Waals surface area (Å²) in [5.41, 5.74) is 2.58. The third-order valence-corrected chi connectivity index (χ3v) is 5.96. The molecule has 0 saturated carbocycles. The molecule has 1 aliphatic rings. The first-order valence-corrected chi connectivity index (χ1v) is 11.1. The number of piperazine rings is 1. The zero-order chi connectivity index (χ0) is 21.8. The highest BCUT2D eigenvalue weighted by molar-refractivity contribution is 7.99. The summed E-state index contributed by atoms with van der Waals surface area (Å²) in [4.78, 5) is 37.4. The summed E-state index contributed by atoms with van der Waals surface area (Å²) in [6.45, 7) is 6.46. The van der Waals surface area contributed by atoms with E-state index in [0.29, 0.717) is 37.1 Å². The van der Waals surface area contributed by atoms with E-state index in [1.165, 1.54) is 22.5 Å². The largest absolute Gasteiger partial charge is 0.352 e. The molecule has 1 aromatic carbocycles. The topological polar surface area (TPSA) is 84.2 Å². The lowest BCUT2D eigenvalue weighted by Crippen LogP contribution is -2.49. The number of aromatic nitrogens is 4. The number of carbonyl (C=O) groups is 1. The molecule has 0 unspecified atom stereocenters. The standard InChI is InChI=1S/C22H24N6O2S/c1-16-3-5-18(6-4-16)28-20(29)8-7-19(25-28)26-11-13-27(14-12-26)21(30)15-31-22-23-10-9-17(2)24-22/h3-10H,11-15H2,1-2H3. The number of hydrogen-bond acceptors (Lipinski definition) is 7. The molecule has 1 fully saturated rings. The molecule has 3 heterocycles. The van der Waals surface area contributed by atoms with Gasteiger partial charge in [0.25, 0.3) is 5.56 Å². The second kappa shape index (κ2) is 9.30. The van der Waals surface area contributed by atoms with Gasteiger partial charge in [-0.05, 0) is 38.1 Å². The van der Waals surface area contributed by atoms with Gasteiger partial charge in [-0.15, -0.1) is 5.10 Å². The summed E-state index contributed by atoms with van der Waals surface area (Å²) in [6, 6.07) is 12.8. The van der Waals surface area contributed by atoms with Crippen molar-refractivity contribution in [2.24, 2.45) is 0 Å². The fraction of sp³-hybridized carbons (Fsp3) is 0.318. The van der Waals surface area contributed by atoms with Gasteiger partial charge in [-0.3, -0.25) is 9.59 Å². The predicted molar refractivity (Wildman–Crippen MR) is 121 cm³/mol. The van der Waals surface area contributed by atoms with Crippen molar-refractivity contribution in [1.29, 1.82) is 0 Å². The van der Waals surface area contributed by atoms with Gasteiger partial charge in [-0.2, -0.15) is 4.68 Å². The van der Waals surface area contributed by atoms with Crippen LogP contribution in [0.2, 0.25) is 0 Å². The Morgan fingerprint density at radius 3 is 2.45 bits per heavy atom. The van der Waals surface area contributed by atoms with Crippen LogP contribution in [-0.2, 0) is 4.79 Å². The van der Waals surface area contributed by atoms with Crippen molar-refractivity contribution < 1.29 is 4.79 Å². The Kier molecular flexibility index (Phi) is 6.31. The minimum atomic E-state index is -0.170. The highest BCUT2D eigenvalue weighted by Gasteiger charge is 2.22. The molecule has 0 aliphatic carbocycles. The molecule has 3 aromatic rings. The number of hydrogen-bond donors (Lipinski definition) is 0. The Hall–Kier alpha value is -3.20. The molecule has 8 nitrogen and oxygen atoms in total. The molecule has 0 atom stereocenters. The van der Waals surface area contributed by atoms with Crippen molar-refractivity contribution >= 4 is 23.5 Å². The predicted octanol–water partition coefficient (Wildman–Crippen LogP) is 2.08. The molecular weight excluding hydrogens is 412 g/mol. The number of anilines is 1. The van der Waals surface area contributed by atoms with E-state index in [9.17, 15) is 9.59 Å². The van der Waals surface area contributed by atoms with E-state index in [1.807, 2.05) is 49.1 Å². The Morgan fingerprint density at radius 2 is 1.74 bits per heavy atom. The first kappa shape index (κ1) is 21.0. The third kappa shape index (κ3) is 5.11. The van der Waals surface area contributed by atoms with E-state index in [0.717, 1.165) is 22.8 Å². The number of benzene rings is 1. The van der Waals surface area contributed by atoms with E-state index >= 15 is 0 Å². The zero-order valence-electron chi connectivity index (χ0n) is 17.6. The number of aryl methyl sites for hydroxylation is 2. The van der Waals surface area contributed by atoms with Crippen molar-refractivity contribution in [3.05, 3.63) is 70.3 Å². The maximum atomic E-state index is 12.6. The monoisotopic (exact) mass is 436 g/mol. The Morgan fingerprint density at radius 1 is 1.00 bits per heavy atom. The molecule has 160 valence electrons. The molecule has 9 heteroatoms. The summed E-state index contributed by atoms with van der Waals surface area (Å²) < 4.78 is 1.42. The van der Waals surface area contributed by atoms with Gasteiger partial charge in [0.1, 0.15) is 5.82 Å². The lowest BCUT2D eigenvalue weighted by molar-refractivity contribution is -0.128. The third-order valence-electron chi connectivity index (χ3n) is 5.12. The van der Waals surface area contributed by atoms with E-state index in [4.69, 9.17) is 0 Å². The van der Waals surface area contributed by atoms with Gasteiger partial charge in [0, 0.05) is 44.1 Å². The summed E-state index contributed by atoms with van der Waals surface area (Å²) >= 11 is 1.36. The van der Waals surface area contributed by atoms with Gasteiger partial charge in [-0.25, -0.2) is 9.97 Å². The summed E-state index contributed by atoms with van der Waals surface area (Å²) in [5.74, 6) is 1.13. The SMILES string of the molecule is Cc1ccc(-n2nc(N3CCN(C(=O)CSc4nccc(C)n4)CC3)ccc2=O)cc1. The molecular formula is C22H24N6O2S. The number of rotatable bonds is 5. The van der Waals surface area contributed by atoms with Crippen LogP contribution in [0.15, 0.2) is 58.6 Å². The van der Waals surface area contributed by atoms with Crippen LogP contribution < -0.4 is 10.5 Å².